The van der Waals surface area contributed by atoms with E-state index in [1.165, 1.54) is 10.1 Å². The molecule has 1 heterocycles. The molecule has 0 spiro atoms. The van der Waals surface area contributed by atoms with Crippen LogP contribution in [0.4, 0.5) is 0 Å². The summed E-state index contributed by atoms with van der Waals surface area (Å²) in [6.45, 7) is 2.10. The highest BCUT2D eigenvalue weighted by atomic mass is 16.1. The van der Waals surface area contributed by atoms with Crippen molar-refractivity contribution in [2.75, 3.05) is 0 Å². The third-order valence-corrected chi connectivity index (χ3v) is 3.25. The van der Waals surface area contributed by atoms with E-state index >= 15 is 0 Å². The van der Waals surface area contributed by atoms with E-state index in [-0.39, 0.29) is 17.0 Å². The van der Waals surface area contributed by atoms with E-state index in [2.05, 4.69) is 19.1 Å². The molecule has 0 unspecified atom stereocenters. The lowest BCUT2D eigenvalue weighted by molar-refractivity contribution is 0.866. The Kier molecular flexibility index (Phi) is 3.51. The first-order chi connectivity index (χ1) is 9.04. The van der Waals surface area contributed by atoms with Crippen molar-refractivity contribution in [1.82, 2.24) is 4.57 Å². The molecule has 4 heteroatoms. The molecule has 0 aliphatic heterocycles. The van der Waals surface area contributed by atoms with Crippen molar-refractivity contribution in [3.05, 3.63) is 57.9 Å². The monoisotopic (exact) mass is 255 g/mol. The molecule has 0 aliphatic carbocycles. The molecule has 4 nitrogen and oxygen atoms in total. The third-order valence-electron chi connectivity index (χ3n) is 3.25. The predicted octanol–water partition coefficient (Wildman–Crippen LogP) is 1.90. The lowest BCUT2D eigenvalue weighted by atomic mass is 10.1. The number of nitrogens with zero attached hydrogens (tertiary/aromatic N) is 1. The average Bonchev–Trinajstić information content (AvgIpc) is 2.41. The topological polar surface area (TPSA) is 71.9 Å². The van der Waals surface area contributed by atoms with E-state index in [0.717, 1.165) is 17.7 Å². The van der Waals surface area contributed by atoms with Gasteiger partial charge in [0.25, 0.3) is 5.56 Å². The number of nitrogen functional groups attached to an aromatic ring is 1. The van der Waals surface area contributed by atoms with Gasteiger partial charge in [0.2, 0.25) is 0 Å². The van der Waals surface area contributed by atoms with Crippen LogP contribution < -0.4 is 11.3 Å². The molecule has 0 fully saturated rings. The van der Waals surface area contributed by atoms with Crippen molar-refractivity contribution in [1.29, 1.82) is 5.41 Å². The van der Waals surface area contributed by atoms with Crippen LogP contribution in [-0.2, 0) is 13.5 Å². The number of nitrogens with two attached hydrogens (primary N) is 1. The maximum absolute atomic E-state index is 12.1. The second kappa shape index (κ2) is 5.10. The first-order valence-electron chi connectivity index (χ1n) is 6.18. The molecule has 19 heavy (non-hydrogen) atoms. The van der Waals surface area contributed by atoms with Crippen LogP contribution in [0.3, 0.4) is 0 Å². The summed E-state index contributed by atoms with van der Waals surface area (Å²) < 4.78 is 1.53. The maximum Gasteiger partial charge on any atom is 0.261 e. The molecule has 0 atom stereocenters. The molecular formula is C15H17N3O. The Labute approximate surface area is 112 Å². The van der Waals surface area contributed by atoms with Crippen LogP contribution >= 0.6 is 0 Å². The van der Waals surface area contributed by atoms with Gasteiger partial charge in [-0.2, -0.15) is 0 Å². The zero-order valence-corrected chi connectivity index (χ0v) is 11.1. The minimum atomic E-state index is -0.246. The molecule has 1 aromatic heterocycles. The second-order valence-electron chi connectivity index (χ2n) is 4.46. The fraction of sp³-hybridized carbons (Fsp3) is 0.200. The Morgan fingerprint density at radius 3 is 2.37 bits per heavy atom. The van der Waals surface area contributed by atoms with Crippen molar-refractivity contribution in [2.45, 2.75) is 13.3 Å². The van der Waals surface area contributed by atoms with Gasteiger partial charge in [-0.15, -0.1) is 0 Å². The average molecular weight is 255 g/mol. The number of hydrogen-bond acceptors (Lipinski definition) is 2. The molecule has 2 aromatic rings. The molecule has 98 valence electrons. The fourth-order valence-corrected chi connectivity index (χ4v) is 2.04. The number of nitrogens with one attached hydrogen (secondary N) is 1. The Balaban J connectivity index is 2.54. The molecule has 0 radical (unpaired) electrons. The molecule has 0 saturated heterocycles. The normalized spacial score (nSPS) is 10.4. The van der Waals surface area contributed by atoms with Crippen LogP contribution in [0.2, 0.25) is 0 Å². The van der Waals surface area contributed by atoms with Crippen LogP contribution in [-0.4, -0.2) is 10.4 Å². The number of amidine groups is 1. The Hall–Kier alpha value is -2.36. The van der Waals surface area contributed by atoms with Gasteiger partial charge in [-0.3, -0.25) is 10.2 Å². The summed E-state index contributed by atoms with van der Waals surface area (Å²) in [6, 6.07) is 11.5. The summed E-state index contributed by atoms with van der Waals surface area (Å²) in [7, 11) is 1.69. The van der Waals surface area contributed by atoms with Gasteiger partial charge in [0.1, 0.15) is 5.84 Å². The van der Waals surface area contributed by atoms with Gasteiger partial charge in [-0.25, -0.2) is 0 Å². The van der Waals surface area contributed by atoms with E-state index in [4.69, 9.17) is 11.1 Å². The van der Waals surface area contributed by atoms with Gasteiger partial charge in [0.15, 0.2) is 0 Å². The van der Waals surface area contributed by atoms with Crippen molar-refractivity contribution in [2.24, 2.45) is 12.8 Å². The molecule has 0 amide bonds. The van der Waals surface area contributed by atoms with Crippen molar-refractivity contribution >= 4 is 5.84 Å². The van der Waals surface area contributed by atoms with Gasteiger partial charge in [-0.1, -0.05) is 31.2 Å². The van der Waals surface area contributed by atoms with E-state index in [9.17, 15) is 4.79 Å². The van der Waals surface area contributed by atoms with Crippen molar-refractivity contribution < 1.29 is 0 Å². The first kappa shape index (κ1) is 13.1. The summed E-state index contributed by atoms with van der Waals surface area (Å²) in [4.78, 5) is 12.1. The number of hydrogen-bond donors (Lipinski definition) is 2. The number of aromatic nitrogens is 1. The van der Waals surface area contributed by atoms with Crippen molar-refractivity contribution in [3.63, 3.8) is 0 Å². The number of rotatable bonds is 3. The molecule has 2 rings (SSSR count). The highest BCUT2D eigenvalue weighted by Crippen LogP contribution is 2.18. The molecule has 1 aromatic carbocycles. The smallest absolute Gasteiger partial charge is 0.261 e. The first-order valence-corrected chi connectivity index (χ1v) is 6.18. The standard InChI is InChI=1S/C15H17N3O/c1-3-10-4-6-11(7-5-10)13-9-8-12(14(16)17)15(19)18(13)2/h4-9H,3H2,1-2H3,(H3,16,17). The van der Waals surface area contributed by atoms with Crippen LogP contribution in [0.15, 0.2) is 41.2 Å². The molecule has 0 aliphatic rings. The summed E-state index contributed by atoms with van der Waals surface area (Å²) in [6.07, 6.45) is 0.989. The fourth-order valence-electron chi connectivity index (χ4n) is 2.04. The second-order valence-corrected chi connectivity index (χ2v) is 4.46. The van der Waals surface area contributed by atoms with Gasteiger partial charge >= 0.3 is 0 Å². The Bertz CT molecular complexity index is 669. The minimum absolute atomic E-state index is 0.200. The predicted molar refractivity (Wildman–Crippen MR) is 77.5 cm³/mol. The Morgan fingerprint density at radius 2 is 1.84 bits per heavy atom. The van der Waals surface area contributed by atoms with Crippen LogP contribution in [0.5, 0.6) is 0 Å². The maximum atomic E-state index is 12.1. The summed E-state index contributed by atoms with van der Waals surface area (Å²) in [5.41, 5.74) is 8.42. The zero-order chi connectivity index (χ0) is 14.0. The molecular weight excluding hydrogens is 238 g/mol. The third kappa shape index (κ3) is 2.42. The van der Waals surface area contributed by atoms with Gasteiger partial charge < -0.3 is 10.3 Å². The SMILES string of the molecule is CCc1ccc(-c2ccc(C(=N)N)c(=O)n2C)cc1. The van der Waals surface area contributed by atoms with Crippen molar-refractivity contribution in [3.8, 4) is 11.3 Å². The summed E-state index contributed by atoms with van der Waals surface area (Å²) >= 11 is 0. The number of pyridine rings is 1. The van der Waals surface area contributed by atoms with E-state index in [1.54, 1.807) is 13.1 Å². The number of aryl methyl sites for hydroxylation is 1. The van der Waals surface area contributed by atoms with E-state index in [1.807, 2.05) is 18.2 Å². The molecule has 0 bridgehead atoms. The van der Waals surface area contributed by atoms with Gasteiger partial charge in [0.05, 0.1) is 11.3 Å². The van der Waals surface area contributed by atoms with Gasteiger partial charge in [-0.05, 0) is 29.7 Å². The quantitative estimate of drug-likeness (QED) is 0.649. The lowest BCUT2D eigenvalue weighted by Gasteiger charge is -2.10. The van der Waals surface area contributed by atoms with E-state index < -0.39 is 0 Å². The Morgan fingerprint density at radius 1 is 1.21 bits per heavy atom. The number of benzene rings is 1. The highest BCUT2D eigenvalue weighted by Gasteiger charge is 2.09. The van der Waals surface area contributed by atoms with Crippen LogP contribution in [0, 0.1) is 5.41 Å². The summed E-state index contributed by atoms with van der Waals surface area (Å²) in [5.74, 6) is -0.200. The molecule has 3 N–H and O–H groups in total. The zero-order valence-electron chi connectivity index (χ0n) is 11.1. The highest BCUT2D eigenvalue weighted by molar-refractivity contribution is 5.94. The van der Waals surface area contributed by atoms with Gasteiger partial charge in [0, 0.05) is 7.05 Å². The lowest BCUT2D eigenvalue weighted by Crippen LogP contribution is -2.28. The van der Waals surface area contributed by atoms with Crippen LogP contribution in [0.25, 0.3) is 11.3 Å². The van der Waals surface area contributed by atoms with E-state index in [0.29, 0.717) is 0 Å². The summed E-state index contributed by atoms with van der Waals surface area (Å²) in [5, 5.41) is 7.37. The molecule has 0 saturated carbocycles. The van der Waals surface area contributed by atoms with Crippen LogP contribution in [0.1, 0.15) is 18.1 Å². The largest absolute Gasteiger partial charge is 0.384 e. The minimum Gasteiger partial charge on any atom is -0.384 e.